The number of hydrogen-bond donors (Lipinski definition) is 1. The van der Waals surface area contributed by atoms with E-state index in [1.807, 2.05) is 42.2 Å². The molecule has 1 amide bonds. The van der Waals surface area contributed by atoms with Crippen LogP contribution in [0.4, 0.5) is 13.9 Å². The molecule has 40 heavy (non-hydrogen) atoms. The van der Waals surface area contributed by atoms with Crippen molar-refractivity contribution in [3.05, 3.63) is 75.8 Å². The first kappa shape index (κ1) is 27.5. The molecule has 3 heterocycles. The molecular weight excluding hydrogens is 540 g/mol. The van der Waals surface area contributed by atoms with Crippen LogP contribution in [0.3, 0.4) is 0 Å². The van der Waals surface area contributed by atoms with E-state index in [0.717, 1.165) is 27.9 Å². The van der Waals surface area contributed by atoms with Crippen molar-refractivity contribution in [3.63, 3.8) is 0 Å². The Bertz CT molecular complexity index is 1580. The van der Waals surface area contributed by atoms with E-state index in [9.17, 15) is 18.4 Å². The van der Waals surface area contributed by atoms with Gasteiger partial charge in [0.2, 0.25) is 5.91 Å². The summed E-state index contributed by atoms with van der Waals surface area (Å²) in [5.74, 6) is 0.111. The number of fused-ring (bicyclic) bond motifs is 1. The molecule has 4 aromatic rings. The van der Waals surface area contributed by atoms with Crippen molar-refractivity contribution in [1.82, 2.24) is 19.9 Å². The third kappa shape index (κ3) is 5.35. The van der Waals surface area contributed by atoms with Gasteiger partial charge in [-0.15, -0.1) is 0 Å². The molecule has 0 saturated carbocycles. The molecule has 1 aliphatic rings. The second-order valence-corrected chi connectivity index (χ2v) is 10.4. The van der Waals surface area contributed by atoms with Crippen molar-refractivity contribution >= 4 is 32.7 Å². The molecule has 1 N–H and O–H groups in total. The number of thiazole rings is 1. The van der Waals surface area contributed by atoms with Crippen LogP contribution >= 0.6 is 11.3 Å². The lowest BCUT2D eigenvalue weighted by Crippen LogP contribution is -2.44. The van der Waals surface area contributed by atoms with Crippen LogP contribution in [-0.2, 0) is 11.3 Å². The fourth-order valence-electron chi connectivity index (χ4n) is 4.91. The fraction of sp³-hybridized carbons (Fsp3) is 0.357. The number of hydrogen-bond acceptors (Lipinski definition) is 8. The maximum atomic E-state index is 14.1. The number of carbonyl (C=O) groups excluding carboxylic acids is 1. The standard InChI is InChI=1S/C28H29F2N5O4S/c1-16(17-8-5-4-6-9-17)31-25(36)20-10-7-13-34(20)28-32-22-26(40-28)33-24(23(29)30)35(27(22)37)15-18-11-12-19(38-2)14-21(18)39-3/h4-6,8-9,11-12,14,16,20,23H,7,10,13,15H2,1-3H3,(H,31,36)/t16-,20-/m1/s1. The van der Waals surface area contributed by atoms with Gasteiger partial charge in [0.1, 0.15) is 17.5 Å². The Labute approximate surface area is 233 Å². The van der Waals surface area contributed by atoms with Gasteiger partial charge < -0.3 is 19.7 Å². The summed E-state index contributed by atoms with van der Waals surface area (Å²) in [5, 5.41) is 3.46. The Morgan fingerprint density at radius 2 is 1.93 bits per heavy atom. The predicted molar refractivity (Wildman–Crippen MR) is 149 cm³/mol. The molecule has 1 aliphatic heterocycles. The summed E-state index contributed by atoms with van der Waals surface area (Å²) in [6.45, 7) is 2.28. The minimum Gasteiger partial charge on any atom is -0.497 e. The number of amides is 1. The number of alkyl halides is 2. The maximum absolute atomic E-state index is 14.1. The number of carbonyl (C=O) groups is 1. The highest BCUT2D eigenvalue weighted by Gasteiger charge is 2.34. The number of benzene rings is 2. The smallest absolute Gasteiger partial charge is 0.295 e. The normalized spacial score (nSPS) is 15.9. The number of methoxy groups -OCH3 is 2. The molecule has 12 heteroatoms. The molecule has 2 aromatic carbocycles. The van der Waals surface area contributed by atoms with Crippen LogP contribution in [0.1, 0.15) is 49.2 Å². The topological polar surface area (TPSA) is 98.6 Å². The van der Waals surface area contributed by atoms with Crippen LogP contribution in [0.5, 0.6) is 11.5 Å². The van der Waals surface area contributed by atoms with Crippen LogP contribution in [0.2, 0.25) is 0 Å². The first-order valence-electron chi connectivity index (χ1n) is 12.8. The average molecular weight is 570 g/mol. The van der Waals surface area contributed by atoms with Gasteiger partial charge in [0.05, 0.1) is 26.8 Å². The van der Waals surface area contributed by atoms with E-state index in [4.69, 9.17) is 9.47 Å². The lowest BCUT2D eigenvalue weighted by atomic mass is 10.1. The van der Waals surface area contributed by atoms with Gasteiger partial charge in [0.15, 0.2) is 21.3 Å². The Kier molecular flexibility index (Phi) is 7.97. The Balaban J connectivity index is 1.46. The summed E-state index contributed by atoms with van der Waals surface area (Å²) in [5.41, 5.74) is 0.796. The molecule has 0 unspecified atom stereocenters. The minimum absolute atomic E-state index is 0.0133. The molecular formula is C28H29F2N5O4S. The average Bonchev–Trinajstić information content (AvgIpc) is 3.62. The minimum atomic E-state index is -2.99. The summed E-state index contributed by atoms with van der Waals surface area (Å²) >= 11 is 1.04. The number of halogens is 2. The fourth-order valence-corrected chi connectivity index (χ4v) is 5.92. The van der Waals surface area contributed by atoms with Crippen molar-refractivity contribution in [2.75, 3.05) is 25.7 Å². The third-order valence-corrected chi connectivity index (χ3v) is 8.00. The van der Waals surface area contributed by atoms with Gasteiger partial charge in [0, 0.05) is 18.2 Å². The monoisotopic (exact) mass is 569 g/mol. The van der Waals surface area contributed by atoms with Crippen molar-refractivity contribution in [1.29, 1.82) is 0 Å². The second-order valence-electron chi connectivity index (χ2n) is 9.48. The molecule has 1 saturated heterocycles. The van der Waals surface area contributed by atoms with Gasteiger partial charge >= 0.3 is 0 Å². The van der Waals surface area contributed by atoms with E-state index in [-0.39, 0.29) is 28.8 Å². The molecule has 0 radical (unpaired) electrons. The van der Waals surface area contributed by atoms with Crippen molar-refractivity contribution in [3.8, 4) is 11.5 Å². The van der Waals surface area contributed by atoms with Crippen molar-refractivity contribution in [2.24, 2.45) is 0 Å². The van der Waals surface area contributed by atoms with Crippen molar-refractivity contribution < 1.29 is 23.0 Å². The summed E-state index contributed by atoms with van der Waals surface area (Å²) in [6, 6.07) is 13.9. The summed E-state index contributed by atoms with van der Waals surface area (Å²) < 4.78 is 39.8. The van der Waals surface area contributed by atoms with Gasteiger partial charge in [-0.05, 0) is 37.5 Å². The molecule has 9 nitrogen and oxygen atoms in total. The number of nitrogens with one attached hydrogen (secondary N) is 1. The molecule has 0 aliphatic carbocycles. The van der Waals surface area contributed by atoms with Gasteiger partial charge in [-0.3, -0.25) is 14.2 Å². The molecule has 5 rings (SSSR count). The number of aromatic nitrogens is 3. The van der Waals surface area contributed by atoms with E-state index < -0.39 is 23.9 Å². The van der Waals surface area contributed by atoms with Gasteiger partial charge in [-0.1, -0.05) is 41.7 Å². The third-order valence-electron chi connectivity index (χ3n) is 7.02. The largest absolute Gasteiger partial charge is 0.497 e. The van der Waals surface area contributed by atoms with Crippen LogP contribution in [0, 0.1) is 0 Å². The summed E-state index contributed by atoms with van der Waals surface area (Å²) in [6.07, 6.45) is -1.62. The highest BCUT2D eigenvalue weighted by molar-refractivity contribution is 7.21. The summed E-state index contributed by atoms with van der Waals surface area (Å²) in [4.78, 5) is 37.3. The van der Waals surface area contributed by atoms with E-state index in [2.05, 4.69) is 15.3 Å². The number of nitrogens with zero attached hydrogens (tertiary/aromatic N) is 4. The SMILES string of the molecule is COc1ccc(Cn2c(C(F)F)nc3sc(N4CCC[C@@H]4C(=O)N[C@H](C)c4ccccc4)nc3c2=O)c(OC)c1. The lowest BCUT2D eigenvalue weighted by molar-refractivity contribution is -0.122. The quantitative estimate of drug-likeness (QED) is 0.312. The van der Waals surface area contributed by atoms with E-state index in [0.29, 0.717) is 35.2 Å². The summed E-state index contributed by atoms with van der Waals surface area (Å²) in [7, 11) is 2.95. The first-order chi connectivity index (χ1) is 19.3. The number of anilines is 1. The number of rotatable bonds is 9. The molecule has 2 aromatic heterocycles. The van der Waals surface area contributed by atoms with Crippen molar-refractivity contribution in [2.45, 2.75) is 44.8 Å². The highest BCUT2D eigenvalue weighted by Crippen LogP contribution is 2.33. The van der Waals surface area contributed by atoms with Gasteiger partial charge in [0.25, 0.3) is 12.0 Å². The van der Waals surface area contributed by atoms with Crippen LogP contribution in [0.15, 0.2) is 53.3 Å². The molecule has 1 fully saturated rings. The zero-order valence-corrected chi connectivity index (χ0v) is 23.1. The molecule has 0 bridgehead atoms. The Morgan fingerprint density at radius 3 is 2.62 bits per heavy atom. The molecule has 210 valence electrons. The van der Waals surface area contributed by atoms with E-state index in [1.165, 1.54) is 14.2 Å². The van der Waals surface area contributed by atoms with Crippen LogP contribution in [-0.4, -0.2) is 47.2 Å². The van der Waals surface area contributed by atoms with Crippen LogP contribution < -0.4 is 25.2 Å². The lowest BCUT2D eigenvalue weighted by Gasteiger charge is -2.25. The number of ether oxygens (including phenoxy) is 2. The first-order valence-corrected chi connectivity index (χ1v) is 13.6. The zero-order valence-electron chi connectivity index (χ0n) is 22.3. The second kappa shape index (κ2) is 11.6. The van der Waals surface area contributed by atoms with Gasteiger partial charge in [-0.2, -0.15) is 0 Å². The zero-order chi connectivity index (χ0) is 28.4. The molecule has 0 spiro atoms. The highest BCUT2D eigenvalue weighted by atomic mass is 32.1. The van der Waals surface area contributed by atoms with Gasteiger partial charge in [-0.25, -0.2) is 18.7 Å². The predicted octanol–water partition coefficient (Wildman–Crippen LogP) is 4.70. The molecule has 2 atom stereocenters. The van der Waals surface area contributed by atoms with E-state index >= 15 is 0 Å². The maximum Gasteiger partial charge on any atom is 0.295 e. The van der Waals surface area contributed by atoms with E-state index in [1.54, 1.807) is 18.2 Å². The Morgan fingerprint density at radius 1 is 1.15 bits per heavy atom. The Hall–Kier alpha value is -4.06. The van der Waals surface area contributed by atoms with Crippen LogP contribution in [0.25, 0.3) is 10.3 Å².